The van der Waals surface area contributed by atoms with E-state index in [1.54, 1.807) is 0 Å². The molecule has 0 spiro atoms. The first-order valence-corrected chi connectivity index (χ1v) is 19.8. The van der Waals surface area contributed by atoms with Crippen LogP contribution in [0.1, 0.15) is 12.5 Å². The molecule has 56 heavy (non-hydrogen) atoms. The Bertz CT molecular complexity index is 3130. The van der Waals surface area contributed by atoms with Crippen LogP contribution >= 0.6 is 11.3 Å². The summed E-state index contributed by atoms with van der Waals surface area (Å²) in [5.74, 6) is 0. The number of fused-ring (bicyclic) bond motifs is 8. The number of thiophene rings is 1. The number of benzene rings is 8. The van der Waals surface area contributed by atoms with E-state index in [4.69, 9.17) is 4.42 Å². The zero-order valence-electron chi connectivity index (χ0n) is 30.9. The van der Waals surface area contributed by atoms with Crippen molar-refractivity contribution in [2.24, 2.45) is 0 Å². The number of hydrogen-bond acceptors (Lipinski definition) is 3. The molecule has 266 valence electrons. The average Bonchev–Trinajstić information content (AvgIpc) is 3.84. The Kier molecular flexibility index (Phi) is 8.63. The van der Waals surface area contributed by atoms with Crippen molar-refractivity contribution in [3.63, 3.8) is 0 Å². The maximum absolute atomic E-state index is 6.22. The molecular weight excluding hydrogens is 699 g/mol. The fourth-order valence-electron chi connectivity index (χ4n) is 7.96. The van der Waals surface area contributed by atoms with Crippen LogP contribution in [0.5, 0.6) is 0 Å². The van der Waals surface area contributed by atoms with Gasteiger partial charge in [-0.1, -0.05) is 146 Å². The molecule has 2 aromatic heterocycles. The van der Waals surface area contributed by atoms with Crippen LogP contribution in [0.4, 0.5) is 11.4 Å². The van der Waals surface area contributed by atoms with Crippen molar-refractivity contribution in [1.82, 2.24) is 0 Å². The van der Waals surface area contributed by atoms with E-state index in [0.29, 0.717) is 0 Å². The summed E-state index contributed by atoms with van der Waals surface area (Å²) < 4.78 is 8.85. The van der Waals surface area contributed by atoms with Crippen LogP contribution in [0, 0.1) is 0 Å². The molecule has 0 aliphatic rings. The lowest BCUT2D eigenvalue weighted by Gasteiger charge is -2.27. The van der Waals surface area contributed by atoms with Crippen molar-refractivity contribution in [2.75, 3.05) is 4.90 Å². The molecule has 10 aromatic rings. The summed E-state index contributed by atoms with van der Waals surface area (Å²) in [5.41, 5.74) is 11.0. The van der Waals surface area contributed by atoms with Gasteiger partial charge in [-0.2, -0.15) is 0 Å². The maximum atomic E-state index is 6.22. The summed E-state index contributed by atoms with van der Waals surface area (Å²) in [6, 6.07) is 62.9. The van der Waals surface area contributed by atoms with Crippen LogP contribution in [0.3, 0.4) is 0 Å². The van der Waals surface area contributed by atoms with E-state index in [0.717, 1.165) is 39.2 Å². The summed E-state index contributed by atoms with van der Waals surface area (Å²) in [6.07, 6.45) is 10.9. The summed E-state index contributed by atoms with van der Waals surface area (Å²) in [6.45, 7) is 2.11. The Balaban J connectivity index is 1.01. The number of furan rings is 1. The normalized spacial score (nSPS) is 12.3. The van der Waals surface area contributed by atoms with E-state index in [9.17, 15) is 0 Å². The fourth-order valence-corrected chi connectivity index (χ4v) is 9.10. The Morgan fingerprint density at radius 3 is 1.93 bits per heavy atom. The first-order valence-electron chi connectivity index (χ1n) is 19.0. The molecule has 0 amide bonds. The molecule has 0 saturated heterocycles. The van der Waals surface area contributed by atoms with E-state index < -0.39 is 0 Å². The molecular formula is C53H37NOS. The molecule has 2 heterocycles. The number of nitrogens with zero attached hydrogens (tertiary/aromatic N) is 1. The Morgan fingerprint density at radius 1 is 0.500 bits per heavy atom. The standard InChI is InChI=1S/C53H37NOS/c1-2-42(17-7-6-15-40-16-12-22-51-52(40)46-19-9-11-21-50(46)56-51)54(43-30-25-37(26-31-43)36-13-4-3-5-14-36)44-32-27-38(28-33-44)41-24-23-39-29-34-49-53(47(39)35-41)45-18-8-10-20-48(45)55-49/h2-35H,1H3/b15-6+,17-7-,42-2+. The van der Waals surface area contributed by atoms with Gasteiger partial charge in [0.05, 0.1) is 0 Å². The van der Waals surface area contributed by atoms with E-state index in [-0.39, 0.29) is 0 Å². The predicted molar refractivity (Wildman–Crippen MR) is 242 cm³/mol. The maximum Gasteiger partial charge on any atom is 0.136 e. The third kappa shape index (κ3) is 6.09. The minimum Gasteiger partial charge on any atom is -0.456 e. The van der Waals surface area contributed by atoms with Gasteiger partial charge in [0, 0.05) is 48.0 Å². The summed E-state index contributed by atoms with van der Waals surface area (Å²) in [4.78, 5) is 2.33. The quantitative estimate of drug-likeness (QED) is 0.145. The molecule has 2 nitrogen and oxygen atoms in total. The third-order valence-electron chi connectivity index (χ3n) is 10.7. The fraction of sp³-hybridized carbons (Fsp3) is 0.0189. The summed E-state index contributed by atoms with van der Waals surface area (Å²) in [5, 5.41) is 7.35. The number of hydrogen-bond donors (Lipinski definition) is 0. The van der Waals surface area contributed by atoms with Crippen molar-refractivity contribution in [2.45, 2.75) is 6.92 Å². The van der Waals surface area contributed by atoms with Crippen molar-refractivity contribution < 1.29 is 4.42 Å². The van der Waals surface area contributed by atoms with Gasteiger partial charge >= 0.3 is 0 Å². The van der Waals surface area contributed by atoms with Gasteiger partial charge in [0.2, 0.25) is 0 Å². The summed E-state index contributed by atoms with van der Waals surface area (Å²) in [7, 11) is 0. The van der Waals surface area contributed by atoms with E-state index >= 15 is 0 Å². The lowest BCUT2D eigenvalue weighted by atomic mass is 9.98. The number of rotatable bonds is 8. The molecule has 0 saturated carbocycles. The van der Waals surface area contributed by atoms with E-state index in [1.165, 1.54) is 58.6 Å². The second-order valence-electron chi connectivity index (χ2n) is 14.0. The highest BCUT2D eigenvalue weighted by molar-refractivity contribution is 7.25. The Labute approximate surface area is 330 Å². The third-order valence-corrected chi connectivity index (χ3v) is 11.8. The van der Waals surface area contributed by atoms with E-state index in [1.807, 2.05) is 23.5 Å². The largest absolute Gasteiger partial charge is 0.456 e. The molecule has 0 fully saturated rings. The SMILES string of the molecule is C\C=C(/C=C\C=C\c1cccc2sc3ccccc3c12)N(c1ccc(-c2ccccc2)cc1)c1ccc(-c2ccc3ccc4oc5ccccc5c4c3c2)cc1. The van der Waals surface area contributed by atoms with Gasteiger partial charge in [-0.05, 0) is 106 Å². The highest BCUT2D eigenvalue weighted by atomic mass is 32.1. The Hall–Kier alpha value is -6.94. The van der Waals surface area contributed by atoms with Crippen LogP contribution < -0.4 is 4.90 Å². The van der Waals surface area contributed by atoms with Crippen molar-refractivity contribution in [1.29, 1.82) is 0 Å². The molecule has 0 radical (unpaired) electrons. The lowest BCUT2D eigenvalue weighted by molar-refractivity contribution is 0.669. The molecule has 10 rings (SSSR count). The predicted octanol–water partition coefficient (Wildman–Crippen LogP) is 15.8. The second kappa shape index (κ2) is 14.4. The highest BCUT2D eigenvalue weighted by Gasteiger charge is 2.15. The average molecular weight is 736 g/mol. The smallest absolute Gasteiger partial charge is 0.136 e. The molecule has 8 aromatic carbocycles. The first kappa shape index (κ1) is 33.6. The zero-order valence-corrected chi connectivity index (χ0v) is 31.7. The topological polar surface area (TPSA) is 16.4 Å². The van der Waals surface area contributed by atoms with Gasteiger partial charge < -0.3 is 9.32 Å². The van der Waals surface area contributed by atoms with Gasteiger partial charge in [0.15, 0.2) is 0 Å². The van der Waals surface area contributed by atoms with Crippen molar-refractivity contribution >= 4 is 81.7 Å². The van der Waals surface area contributed by atoms with Gasteiger partial charge in [0.25, 0.3) is 0 Å². The second-order valence-corrected chi connectivity index (χ2v) is 15.1. The molecule has 0 aliphatic carbocycles. The lowest BCUT2D eigenvalue weighted by Crippen LogP contribution is -2.15. The van der Waals surface area contributed by atoms with Gasteiger partial charge in [0.1, 0.15) is 11.2 Å². The molecule has 0 bridgehead atoms. The van der Waals surface area contributed by atoms with Crippen molar-refractivity contribution in [3.05, 3.63) is 211 Å². The zero-order chi connectivity index (χ0) is 37.4. The van der Waals surface area contributed by atoms with Gasteiger partial charge in [-0.3, -0.25) is 0 Å². The monoisotopic (exact) mass is 735 g/mol. The van der Waals surface area contributed by atoms with Crippen LogP contribution in [-0.4, -0.2) is 0 Å². The van der Waals surface area contributed by atoms with Crippen molar-refractivity contribution in [3.8, 4) is 22.3 Å². The number of para-hydroxylation sites is 1. The van der Waals surface area contributed by atoms with Crippen LogP contribution in [0.2, 0.25) is 0 Å². The molecule has 3 heteroatoms. The highest BCUT2D eigenvalue weighted by Crippen LogP contribution is 2.39. The molecule has 0 unspecified atom stereocenters. The molecule has 0 atom stereocenters. The van der Waals surface area contributed by atoms with Gasteiger partial charge in [-0.25, -0.2) is 0 Å². The van der Waals surface area contributed by atoms with Crippen LogP contribution in [0.25, 0.3) is 81.2 Å². The molecule has 0 aliphatic heterocycles. The minimum absolute atomic E-state index is 0.916. The number of allylic oxidation sites excluding steroid dienone is 4. The molecule has 0 N–H and O–H groups in total. The van der Waals surface area contributed by atoms with Gasteiger partial charge in [-0.15, -0.1) is 11.3 Å². The Morgan fingerprint density at radius 2 is 1.14 bits per heavy atom. The van der Waals surface area contributed by atoms with Crippen LogP contribution in [0.15, 0.2) is 210 Å². The summed E-state index contributed by atoms with van der Waals surface area (Å²) >= 11 is 1.85. The minimum atomic E-state index is 0.916. The van der Waals surface area contributed by atoms with Crippen LogP contribution in [-0.2, 0) is 0 Å². The van der Waals surface area contributed by atoms with E-state index in [2.05, 4.69) is 206 Å². The number of anilines is 2. The first-order chi connectivity index (χ1) is 27.7.